The van der Waals surface area contributed by atoms with E-state index in [1.54, 1.807) is 0 Å². The van der Waals surface area contributed by atoms with Crippen molar-refractivity contribution in [2.75, 3.05) is 20.7 Å². The minimum atomic E-state index is 0.774. The van der Waals surface area contributed by atoms with E-state index in [1.807, 2.05) is 64.4 Å². The highest BCUT2D eigenvalue weighted by atomic mass is 16.5. The smallest absolute Gasteiger partial charge is 0.119 e. The summed E-state index contributed by atoms with van der Waals surface area (Å²) in [5.74, 6) is 0.946. The second-order valence-electron chi connectivity index (χ2n) is 3.09. The number of ether oxygens (including phenoxy) is 1. The second-order valence-corrected chi connectivity index (χ2v) is 3.09. The molecule has 17 heavy (non-hydrogen) atoms. The quantitative estimate of drug-likeness (QED) is 0.619. The number of nitrogens with one attached hydrogen (secondary N) is 1. The van der Waals surface area contributed by atoms with Gasteiger partial charge >= 0.3 is 0 Å². The fourth-order valence-electron chi connectivity index (χ4n) is 0.934. The van der Waals surface area contributed by atoms with Gasteiger partial charge in [0.2, 0.25) is 0 Å². The molecule has 1 aromatic rings. The van der Waals surface area contributed by atoms with Crippen molar-refractivity contribution in [3.05, 3.63) is 43.0 Å². The molecule has 0 heterocycles. The molecule has 2 heteroatoms. The summed E-state index contributed by atoms with van der Waals surface area (Å²) in [6.45, 7) is 8.42. The molecule has 0 fully saturated rings. The SMILES string of the molecule is C=CCCCOc1ccccc1.CC.CNC. The van der Waals surface area contributed by atoms with Gasteiger partial charge in [-0.2, -0.15) is 0 Å². The average Bonchev–Trinajstić information content (AvgIpc) is 2.39. The standard InChI is InChI=1S/C11H14O.C2H7N.C2H6/c1-2-3-7-10-12-11-8-5-4-6-9-11;1-3-2;1-2/h2,4-6,8-9H,1,3,7,10H2;3H,1-2H3;1-2H3. The molecule has 0 aliphatic rings. The monoisotopic (exact) mass is 237 g/mol. The van der Waals surface area contributed by atoms with Gasteiger partial charge in [-0.05, 0) is 39.1 Å². The van der Waals surface area contributed by atoms with Crippen LogP contribution < -0.4 is 10.1 Å². The van der Waals surface area contributed by atoms with Gasteiger partial charge in [0, 0.05) is 0 Å². The molecule has 0 unspecified atom stereocenters. The fraction of sp³-hybridized carbons (Fsp3) is 0.467. The lowest BCUT2D eigenvalue weighted by molar-refractivity contribution is 0.312. The Balaban J connectivity index is 0. The molecule has 0 amide bonds. The lowest BCUT2D eigenvalue weighted by Gasteiger charge is -2.03. The van der Waals surface area contributed by atoms with Crippen LogP contribution in [0.1, 0.15) is 26.7 Å². The lowest BCUT2D eigenvalue weighted by Crippen LogP contribution is -1.95. The Labute approximate surface area is 107 Å². The molecule has 98 valence electrons. The molecule has 0 spiro atoms. The van der Waals surface area contributed by atoms with Crippen molar-refractivity contribution in [3.8, 4) is 5.75 Å². The first kappa shape index (κ1) is 18.1. The van der Waals surface area contributed by atoms with Crippen molar-refractivity contribution in [2.45, 2.75) is 26.7 Å². The summed E-state index contributed by atoms with van der Waals surface area (Å²) in [4.78, 5) is 0. The third-order valence-electron chi connectivity index (χ3n) is 1.56. The summed E-state index contributed by atoms with van der Waals surface area (Å²) >= 11 is 0. The molecule has 0 aromatic heterocycles. The van der Waals surface area contributed by atoms with Crippen molar-refractivity contribution >= 4 is 0 Å². The van der Waals surface area contributed by atoms with E-state index in [0.29, 0.717) is 0 Å². The van der Waals surface area contributed by atoms with E-state index in [-0.39, 0.29) is 0 Å². The molecule has 0 aliphatic carbocycles. The molecule has 2 nitrogen and oxygen atoms in total. The van der Waals surface area contributed by atoms with E-state index in [9.17, 15) is 0 Å². The molecular weight excluding hydrogens is 210 g/mol. The zero-order valence-electron chi connectivity index (χ0n) is 11.7. The first-order valence-corrected chi connectivity index (χ1v) is 6.22. The van der Waals surface area contributed by atoms with E-state index >= 15 is 0 Å². The molecule has 0 radical (unpaired) electrons. The first-order chi connectivity index (χ1) is 8.35. The van der Waals surface area contributed by atoms with Gasteiger partial charge in [0.15, 0.2) is 0 Å². The minimum Gasteiger partial charge on any atom is -0.494 e. The average molecular weight is 237 g/mol. The van der Waals surface area contributed by atoms with E-state index in [0.717, 1.165) is 25.2 Å². The molecule has 0 bridgehead atoms. The van der Waals surface area contributed by atoms with Gasteiger partial charge in [-0.25, -0.2) is 0 Å². The fourth-order valence-corrected chi connectivity index (χ4v) is 0.934. The van der Waals surface area contributed by atoms with Gasteiger partial charge in [-0.3, -0.25) is 0 Å². The van der Waals surface area contributed by atoms with Crippen LogP contribution >= 0.6 is 0 Å². The number of benzene rings is 1. The Morgan fingerprint density at radius 3 is 2.18 bits per heavy atom. The van der Waals surface area contributed by atoms with Crippen LogP contribution in [0, 0.1) is 0 Å². The maximum absolute atomic E-state index is 5.46. The molecular formula is C15H27NO. The van der Waals surface area contributed by atoms with Crippen LogP contribution in [0.5, 0.6) is 5.75 Å². The second kappa shape index (κ2) is 17.1. The number of unbranched alkanes of at least 4 members (excludes halogenated alkanes) is 1. The van der Waals surface area contributed by atoms with Gasteiger partial charge in [0.05, 0.1) is 6.61 Å². The predicted molar refractivity (Wildman–Crippen MR) is 77.7 cm³/mol. The highest BCUT2D eigenvalue weighted by Gasteiger charge is 1.89. The normalized spacial score (nSPS) is 8.00. The molecule has 0 saturated heterocycles. The molecule has 0 saturated carbocycles. The Bertz CT molecular complexity index is 234. The van der Waals surface area contributed by atoms with E-state index in [1.165, 1.54) is 0 Å². The molecule has 1 rings (SSSR count). The van der Waals surface area contributed by atoms with Crippen LogP contribution in [-0.2, 0) is 0 Å². The summed E-state index contributed by atoms with van der Waals surface area (Å²) in [6.07, 6.45) is 3.97. The molecule has 0 atom stereocenters. The summed E-state index contributed by atoms with van der Waals surface area (Å²) in [5.41, 5.74) is 0. The highest BCUT2D eigenvalue weighted by Crippen LogP contribution is 2.08. The van der Waals surface area contributed by atoms with Crippen molar-refractivity contribution in [2.24, 2.45) is 0 Å². The number of hydrogen-bond donors (Lipinski definition) is 1. The Hall–Kier alpha value is -1.28. The summed E-state index contributed by atoms with van der Waals surface area (Å²) in [5, 5.41) is 2.75. The van der Waals surface area contributed by atoms with E-state index < -0.39 is 0 Å². The maximum atomic E-state index is 5.46. The van der Waals surface area contributed by atoms with Crippen molar-refractivity contribution in [3.63, 3.8) is 0 Å². The molecule has 1 aromatic carbocycles. The third kappa shape index (κ3) is 14.7. The largest absolute Gasteiger partial charge is 0.494 e. The van der Waals surface area contributed by atoms with E-state index in [4.69, 9.17) is 4.74 Å². The summed E-state index contributed by atoms with van der Waals surface area (Å²) in [6, 6.07) is 9.87. The first-order valence-electron chi connectivity index (χ1n) is 6.22. The zero-order chi connectivity index (χ0) is 13.4. The van der Waals surface area contributed by atoms with Gasteiger partial charge in [0.1, 0.15) is 5.75 Å². The Morgan fingerprint density at radius 1 is 1.18 bits per heavy atom. The summed E-state index contributed by atoms with van der Waals surface area (Å²) < 4.78 is 5.46. The highest BCUT2D eigenvalue weighted by molar-refractivity contribution is 5.20. The van der Waals surface area contributed by atoms with Gasteiger partial charge < -0.3 is 10.1 Å². The van der Waals surface area contributed by atoms with Gasteiger partial charge in [-0.15, -0.1) is 6.58 Å². The van der Waals surface area contributed by atoms with Crippen LogP contribution in [0.2, 0.25) is 0 Å². The van der Waals surface area contributed by atoms with E-state index in [2.05, 4.69) is 11.9 Å². The molecule has 1 N–H and O–H groups in total. The van der Waals surface area contributed by atoms with Crippen molar-refractivity contribution in [1.29, 1.82) is 0 Å². The number of allylic oxidation sites excluding steroid dienone is 1. The number of hydrogen-bond acceptors (Lipinski definition) is 2. The minimum absolute atomic E-state index is 0.774. The van der Waals surface area contributed by atoms with Crippen molar-refractivity contribution < 1.29 is 4.74 Å². The Morgan fingerprint density at radius 2 is 1.71 bits per heavy atom. The van der Waals surface area contributed by atoms with Gasteiger partial charge in [0.25, 0.3) is 0 Å². The van der Waals surface area contributed by atoms with Crippen LogP contribution in [0.4, 0.5) is 0 Å². The molecule has 0 aliphatic heterocycles. The van der Waals surface area contributed by atoms with Crippen LogP contribution in [0.3, 0.4) is 0 Å². The van der Waals surface area contributed by atoms with Gasteiger partial charge in [-0.1, -0.05) is 38.1 Å². The van der Waals surface area contributed by atoms with Crippen LogP contribution in [0.25, 0.3) is 0 Å². The third-order valence-corrected chi connectivity index (χ3v) is 1.56. The summed E-state index contributed by atoms with van der Waals surface area (Å²) in [7, 11) is 3.75. The van der Waals surface area contributed by atoms with Crippen LogP contribution in [-0.4, -0.2) is 20.7 Å². The predicted octanol–water partition coefficient (Wildman–Crippen LogP) is 3.89. The topological polar surface area (TPSA) is 21.3 Å². The number of para-hydroxylation sites is 1. The lowest BCUT2D eigenvalue weighted by atomic mass is 10.3. The van der Waals surface area contributed by atoms with Crippen LogP contribution in [0.15, 0.2) is 43.0 Å². The number of rotatable bonds is 5. The van der Waals surface area contributed by atoms with Crippen molar-refractivity contribution in [1.82, 2.24) is 5.32 Å². The zero-order valence-corrected chi connectivity index (χ0v) is 11.7. The maximum Gasteiger partial charge on any atom is 0.119 e. The Kier molecular flexibility index (Phi) is 18.2.